The third-order valence-electron chi connectivity index (χ3n) is 2.24. The number of rotatable bonds is 5. The van der Waals surface area contributed by atoms with Gasteiger partial charge in [-0.1, -0.05) is 0 Å². The minimum Gasteiger partial charge on any atom is -0.477 e. The van der Waals surface area contributed by atoms with E-state index in [1.54, 1.807) is 13.8 Å². The molecule has 0 aromatic carbocycles. The zero-order valence-electron chi connectivity index (χ0n) is 11.4. The lowest BCUT2D eigenvalue weighted by Gasteiger charge is -2.16. The van der Waals surface area contributed by atoms with E-state index in [9.17, 15) is 9.59 Å². The SMILES string of the molecule is Cc1cc(C(=O)O)nc(NC(C)C(=O)NC(C)C)n1. The summed E-state index contributed by atoms with van der Waals surface area (Å²) in [5, 5.41) is 14.4. The zero-order valence-corrected chi connectivity index (χ0v) is 11.4. The Hall–Kier alpha value is -2.18. The molecule has 7 heteroatoms. The molecule has 0 aliphatic rings. The molecule has 0 aliphatic carbocycles. The van der Waals surface area contributed by atoms with Crippen molar-refractivity contribution in [3.05, 3.63) is 17.5 Å². The Morgan fingerprint density at radius 3 is 2.42 bits per heavy atom. The van der Waals surface area contributed by atoms with Crippen molar-refractivity contribution in [2.45, 2.75) is 39.8 Å². The van der Waals surface area contributed by atoms with E-state index in [4.69, 9.17) is 5.11 Å². The number of aryl methyl sites for hydroxylation is 1. The number of nitrogens with one attached hydrogen (secondary N) is 2. The Kier molecular flexibility index (Phi) is 4.80. The molecular weight excluding hydrogens is 248 g/mol. The summed E-state index contributed by atoms with van der Waals surface area (Å²) in [6.45, 7) is 7.04. The monoisotopic (exact) mass is 266 g/mol. The highest BCUT2D eigenvalue weighted by atomic mass is 16.4. The molecule has 104 valence electrons. The lowest BCUT2D eigenvalue weighted by molar-refractivity contribution is -0.122. The van der Waals surface area contributed by atoms with Gasteiger partial charge in [0.05, 0.1) is 0 Å². The smallest absolute Gasteiger partial charge is 0.354 e. The summed E-state index contributed by atoms with van der Waals surface area (Å²) >= 11 is 0. The van der Waals surface area contributed by atoms with Crippen LogP contribution >= 0.6 is 0 Å². The maximum Gasteiger partial charge on any atom is 0.354 e. The standard InChI is InChI=1S/C12H18N4O3/c1-6(2)13-10(17)8(4)15-12-14-7(3)5-9(16-12)11(18)19/h5-6,8H,1-4H3,(H,13,17)(H,18,19)(H,14,15,16). The van der Waals surface area contributed by atoms with Crippen molar-refractivity contribution in [2.75, 3.05) is 5.32 Å². The van der Waals surface area contributed by atoms with Crippen molar-refractivity contribution in [3.63, 3.8) is 0 Å². The number of hydrogen-bond donors (Lipinski definition) is 3. The summed E-state index contributed by atoms with van der Waals surface area (Å²) < 4.78 is 0. The molecule has 0 fully saturated rings. The summed E-state index contributed by atoms with van der Waals surface area (Å²) in [6, 6.07) is 0.849. The molecule has 0 spiro atoms. The summed E-state index contributed by atoms with van der Waals surface area (Å²) in [6.07, 6.45) is 0. The molecule has 0 aliphatic heterocycles. The van der Waals surface area contributed by atoms with Crippen LogP contribution in [0.1, 0.15) is 37.0 Å². The number of aromatic carboxylic acids is 1. The van der Waals surface area contributed by atoms with Crippen LogP contribution < -0.4 is 10.6 Å². The molecule has 0 saturated carbocycles. The van der Waals surface area contributed by atoms with Crippen molar-refractivity contribution in [1.82, 2.24) is 15.3 Å². The molecule has 1 atom stereocenters. The average molecular weight is 266 g/mol. The Morgan fingerprint density at radius 1 is 1.26 bits per heavy atom. The predicted molar refractivity (Wildman–Crippen MR) is 70.1 cm³/mol. The second kappa shape index (κ2) is 6.12. The van der Waals surface area contributed by atoms with Crippen molar-refractivity contribution >= 4 is 17.8 Å². The number of carbonyl (C=O) groups excluding carboxylic acids is 1. The normalized spacial score (nSPS) is 12.1. The van der Waals surface area contributed by atoms with Crippen LogP contribution in [0.25, 0.3) is 0 Å². The van der Waals surface area contributed by atoms with Crippen molar-refractivity contribution in [3.8, 4) is 0 Å². The number of amides is 1. The highest BCUT2D eigenvalue weighted by molar-refractivity contribution is 5.86. The van der Waals surface area contributed by atoms with E-state index >= 15 is 0 Å². The van der Waals surface area contributed by atoms with Crippen LogP contribution in [0.3, 0.4) is 0 Å². The van der Waals surface area contributed by atoms with E-state index in [-0.39, 0.29) is 23.6 Å². The molecule has 19 heavy (non-hydrogen) atoms. The van der Waals surface area contributed by atoms with Crippen LogP contribution in [0.4, 0.5) is 5.95 Å². The van der Waals surface area contributed by atoms with Crippen LogP contribution in [0.5, 0.6) is 0 Å². The third kappa shape index (κ3) is 4.53. The van der Waals surface area contributed by atoms with E-state index in [2.05, 4.69) is 20.6 Å². The molecular formula is C12H18N4O3. The number of aromatic nitrogens is 2. The van der Waals surface area contributed by atoms with Gasteiger partial charge in [-0.15, -0.1) is 0 Å². The van der Waals surface area contributed by atoms with Gasteiger partial charge in [-0.25, -0.2) is 14.8 Å². The topological polar surface area (TPSA) is 104 Å². The molecule has 3 N–H and O–H groups in total. The number of nitrogens with zero attached hydrogens (tertiary/aromatic N) is 2. The number of anilines is 1. The van der Waals surface area contributed by atoms with Gasteiger partial charge in [-0.3, -0.25) is 4.79 Å². The molecule has 1 heterocycles. The first kappa shape index (κ1) is 14.9. The first-order valence-electron chi connectivity index (χ1n) is 5.95. The summed E-state index contributed by atoms with van der Waals surface area (Å²) in [5.41, 5.74) is 0.415. The Labute approximate surface area is 111 Å². The number of carbonyl (C=O) groups is 2. The van der Waals surface area contributed by atoms with Crippen LogP contribution in [0, 0.1) is 6.92 Å². The average Bonchev–Trinajstić information content (AvgIpc) is 2.26. The quantitative estimate of drug-likeness (QED) is 0.728. The first-order valence-corrected chi connectivity index (χ1v) is 5.95. The minimum absolute atomic E-state index is 0.0322. The number of carboxylic acid groups (broad SMARTS) is 1. The molecule has 1 unspecified atom stereocenters. The third-order valence-corrected chi connectivity index (χ3v) is 2.24. The lowest BCUT2D eigenvalue weighted by Crippen LogP contribution is -2.41. The largest absolute Gasteiger partial charge is 0.477 e. The molecule has 0 bridgehead atoms. The summed E-state index contributed by atoms with van der Waals surface area (Å²) in [4.78, 5) is 30.5. The highest BCUT2D eigenvalue weighted by Crippen LogP contribution is 2.06. The zero-order chi connectivity index (χ0) is 14.6. The van der Waals surface area contributed by atoms with Gasteiger partial charge in [0.15, 0.2) is 5.69 Å². The van der Waals surface area contributed by atoms with Crippen molar-refractivity contribution in [1.29, 1.82) is 0 Å². The van der Waals surface area contributed by atoms with Crippen LogP contribution in [-0.4, -0.2) is 39.0 Å². The Bertz CT molecular complexity index is 488. The van der Waals surface area contributed by atoms with Gasteiger partial charge in [0.1, 0.15) is 6.04 Å². The first-order chi connectivity index (χ1) is 8.79. The molecule has 0 saturated heterocycles. The lowest BCUT2D eigenvalue weighted by atomic mass is 10.3. The molecule has 1 aromatic rings. The number of carboxylic acids is 1. The van der Waals surface area contributed by atoms with Crippen molar-refractivity contribution < 1.29 is 14.7 Å². The van der Waals surface area contributed by atoms with Gasteiger partial charge in [-0.05, 0) is 33.8 Å². The fourth-order valence-electron chi connectivity index (χ4n) is 1.41. The van der Waals surface area contributed by atoms with Gasteiger partial charge in [0, 0.05) is 11.7 Å². The molecule has 7 nitrogen and oxygen atoms in total. The van der Waals surface area contributed by atoms with Crippen LogP contribution in [0.2, 0.25) is 0 Å². The molecule has 1 amide bonds. The predicted octanol–water partition coefficient (Wildman–Crippen LogP) is 0.808. The van der Waals surface area contributed by atoms with Crippen molar-refractivity contribution in [2.24, 2.45) is 0 Å². The molecule has 0 radical (unpaired) electrons. The summed E-state index contributed by atoms with van der Waals surface area (Å²) in [7, 11) is 0. The van der Waals surface area contributed by atoms with Crippen LogP contribution in [0.15, 0.2) is 6.07 Å². The minimum atomic E-state index is -1.13. The summed E-state index contributed by atoms with van der Waals surface area (Å²) in [5.74, 6) is -1.20. The molecule has 1 aromatic heterocycles. The second-order valence-electron chi connectivity index (χ2n) is 4.55. The van der Waals surface area contributed by atoms with Gasteiger partial charge in [0.2, 0.25) is 11.9 Å². The Morgan fingerprint density at radius 2 is 1.89 bits per heavy atom. The maximum absolute atomic E-state index is 11.7. The van der Waals surface area contributed by atoms with E-state index in [0.29, 0.717) is 5.69 Å². The van der Waals surface area contributed by atoms with Gasteiger partial charge in [0.25, 0.3) is 0 Å². The van der Waals surface area contributed by atoms with Gasteiger partial charge < -0.3 is 15.7 Å². The maximum atomic E-state index is 11.7. The van der Waals surface area contributed by atoms with E-state index in [0.717, 1.165) is 0 Å². The van der Waals surface area contributed by atoms with E-state index in [1.165, 1.54) is 6.07 Å². The van der Waals surface area contributed by atoms with Gasteiger partial charge >= 0.3 is 5.97 Å². The van der Waals surface area contributed by atoms with Crippen LogP contribution in [-0.2, 0) is 4.79 Å². The Balaban J connectivity index is 2.81. The van der Waals surface area contributed by atoms with Gasteiger partial charge in [-0.2, -0.15) is 0 Å². The fourth-order valence-corrected chi connectivity index (χ4v) is 1.41. The number of hydrogen-bond acceptors (Lipinski definition) is 5. The molecule has 1 rings (SSSR count). The van der Waals surface area contributed by atoms with E-state index < -0.39 is 12.0 Å². The fraction of sp³-hybridized carbons (Fsp3) is 0.500. The highest BCUT2D eigenvalue weighted by Gasteiger charge is 2.16. The van der Waals surface area contributed by atoms with E-state index in [1.807, 2.05) is 13.8 Å². The second-order valence-corrected chi connectivity index (χ2v) is 4.55.